The molecule has 2 aromatic heterocycles. The second-order valence-corrected chi connectivity index (χ2v) is 7.31. The zero-order chi connectivity index (χ0) is 17.3. The molecule has 1 N–H and O–H groups in total. The Morgan fingerprint density at radius 1 is 1.29 bits per heavy atom. The molecule has 7 nitrogen and oxygen atoms in total. The largest absolute Gasteiger partial charge is 0.300 e. The first kappa shape index (κ1) is 16.7. The SMILES string of the molecule is CCn1ncn2cc(S(=O)(=O)NCc3ccccc3Cl)cc2c1=O. The van der Waals surface area contributed by atoms with Gasteiger partial charge in [-0.25, -0.2) is 17.8 Å². The lowest BCUT2D eigenvalue weighted by Crippen LogP contribution is -2.23. The number of benzene rings is 1. The maximum absolute atomic E-state index is 12.5. The highest BCUT2D eigenvalue weighted by atomic mass is 35.5. The number of fused-ring (bicyclic) bond motifs is 1. The molecule has 126 valence electrons. The topological polar surface area (TPSA) is 85.5 Å². The molecule has 0 aliphatic rings. The minimum absolute atomic E-state index is 0.00214. The highest BCUT2D eigenvalue weighted by molar-refractivity contribution is 7.89. The highest BCUT2D eigenvalue weighted by Crippen LogP contribution is 2.17. The minimum Gasteiger partial charge on any atom is -0.300 e. The average Bonchev–Trinajstić information content (AvgIpc) is 3.01. The van der Waals surface area contributed by atoms with Crippen molar-refractivity contribution in [3.8, 4) is 0 Å². The van der Waals surface area contributed by atoms with Crippen molar-refractivity contribution < 1.29 is 8.42 Å². The molecule has 0 aliphatic carbocycles. The van der Waals surface area contributed by atoms with E-state index in [-0.39, 0.29) is 22.5 Å². The molecule has 0 atom stereocenters. The van der Waals surface area contributed by atoms with Crippen LogP contribution in [-0.4, -0.2) is 22.6 Å². The van der Waals surface area contributed by atoms with Crippen LogP contribution in [0.1, 0.15) is 12.5 Å². The number of nitrogens with zero attached hydrogens (tertiary/aromatic N) is 3. The van der Waals surface area contributed by atoms with Crippen molar-refractivity contribution in [3.63, 3.8) is 0 Å². The van der Waals surface area contributed by atoms with Crippen molar-refractivity contribution in [3.05, 3.63) is 63.8 Å². The molecule has 3 aromatic rings. The van der Waals surface area contributed by atoms with Gasteiger partial charge in [0.25, 0.3) is 5.56 Å². The first-order chi connectivity index (χ1) is 11.4. The van der Waals surface area contributed by atoms with E-state index in [1.165, 1.54) is 27.7 Å². The first-order valence-electron chi connectivity index (χ1n) is 7.23. The Labute approximate surface area is 143 Å². The number of halogens is 1. The van der Waals surface area contributed by atoms with Gasteiger partial charge in [-0.05, 0) is 24.6 Å². The molecule has 0 unspecified atom stereocenters. The van der Waals surface area contributed by atoms with Gasteiger partial charge in [0, 0.05) is 24.3 Å². The van der Waals surface area contributed by atoms with Crippen molar-refractivity contribution in [1.29, 1.82) is 0 Å². The fourth-order valence-electron chi connectivity index (χ4n) is 2.29. The number of rotatable bonds is 5. The second-order valence-electron chi connectivity index (χ2n) is 5.14. The summed E-state index contributed by atoms with van der Waals surface area (Å²) in [4.78, 5) is 12.2. The van der Waals surface area contributed by atoms with Gasteiger partial charge >= 0.3 is 0 Å². The van der Waals surface area contributed by atoms with Gasteiger partial charge in [-0.2, -0.15) is 5.10 Å². The van der Waals surface area contributed by atoms with Crippen LogP contribution in [0.4, 0.5) is 0 Å². The molecule has 0 amide bonds. The Morgan fingerprint density at radius 2 is 2.04 bits per heavy atom. The summed E-state index contributed by atoms with van der Waals surface area (Å²) in [5, 5.41) is 4.44. The quantitative estimate of drug-likeness (QED) is 0.744. The van der Waals surface area contributed by atoms with Gasteiger partial charge in [0.1, 0.15) is 16.7 Å². The molecule has 0 radical (unpaired) electrons. The third-order valence-electron chi connectivity index (χ3n) is 3.61. The minimum atomic E-state index is -3.78. The van der Waals surface area contributed by atoms with E-state index in [0.717, 1.165) is 0 Å². The molecule has 0 fully saturated rings. The molecule has 1 aromatic carbocycles. The number of aromatic nitrogens is 3. The molecule has 0 aliphatic heterocycles. The van der Waals surface area contributed by atoms with Crippen LogP contribution in [0.25, 0.3) is 5.52 Å². The summed E-state index contributed by atoms with van der Waals surface area (Å²) in [6.07, 6.45) is 2.77. The fourth-order valence-corrected chi connectivity index (χ4v) is 3.53. The molecule has 0 saturated heterocycles. The second kappa shape index (κ2) is 6.39. The van der Waals surface area contributed by atoms with E-state index in [0.29, 0.717) is 17.1 Å². The van der Waals surface area contributed by atoms with Crippen molar-refractivity contribution in [2.45, 2.75) is 24.9 Å². The van der Waals surface area contributed by atoms with Crippen LogP contribution in [0.2, 0.25) is 5.02 Å². The Hall–Kier alpha value is -2.16. The van der Waals surface area contributed by atoms with Crippen molar-refractivity contribution in [2.24, 2.45) is 0 Å². The molecule has 0 spiro atoms. The maximum atomic E-state index is 12.5. The van der Waals surface area contributed by atoms with Crippen LogP contribution < -0.4 is 10.3 Å². The zero-order valence-electron chi connectivity index (χ0n) is 12.8. The van der Waals surface area contributed by atoms with Gasteiger partial charge in [0.05, 0.1) is 0 Å². The normalized spacial score (nSPS) is 11.9. The van der Waals surface area contributed by atoms with Gasteiger partial charge in [0.15, 0.2) is 0 Å². The molecule has 0 saturated carbocycles. The summed E-state index contributed by atoms with van der Waals surface area (Å²) < 4.78 is 30.1. The van der Waals surface area contributed by atoms with Crippen molar-refractivity contribution in [1.82, 2.24) is 18.9 Å². The lowest BCUT2D eigenvalue weighted by atomic mass is 10.2. The first-order valence-corrected chi connectivity index (χ1v) is 9.09. The zero-order valence-corrected chi connectivity index (χ0v) is 14.4. The summed E-state index contributed by atoms with van der Waals surface area (Å²) in [6, 6.07) is 8.32. The fraction of sp³-hybridized carbons (Fsp3) is 0.200. The van der Waals surface area contributed by atoms with E-state index >= 15 is 0 Å². The van der Waals surface area contributed by atoms with Crippen LogP contribution >= 0.6 is 11.6 Å². The lowest BCUT2D eigenvalue weighted by Gasteiger charge is -2.06. The summed E-state index contributed by atoms with van der Waals surface area (Å²) in [5.74, 6) is 0. The van der Waals surface area contributed by atoms with E-state index in [1.54, 1.807) is 31.2 Å². The summed E-state index contributed by atoms with van der Waals surface area (Å²) in [5.41, 5.74) is 0.582. The van der Waals surface area contributed by atoms with Crippen molar-refractivity contribution in [2.75, 3.05) is 0 Å². The van der Waals surface area contributed by atoms with Gasteiger partial charge in [-0.3, -0.25) is 9.20 Å². The summed E-state index contributed by atoms with van der Waals surface area (Å²) in [7, 11) is -3.78. The van der Waals surface area contributed by atoms with E-state index in [1.807, 2.05) is 0 Å². The Bertz CT molecular complexity index is 1060. The number of hydrogen-bond acceptors (Lipinski definition) is 4. The Kier molecular flexibility index (Phi) is 4.44. The van der Waals surface area contributed by atoms with Crippen LogP contribution in [0.15, 0.2) is 52.5 Å². The number of aryl methyl sites for hydroxylation is 1. The van der Waals surface area contributed by atoms with Gasteiger partial charge in [-0.15, -0.1) is 0 Å². The molecular formula is C15H15ClN4O3S. The predicted octanol–water partition coefficient (Wildman–Crippen LogP) is 1.65. The molecule has 24 heavy (non-hydrogen) atoms. The third-order valence-corrected chi connectivity index (χ3v) is 5.35. The highest BCUT2D eigenvalue weighted by Gasteiger charge is 2.18. The molecular weight excluding hydrogens is 352 g/mol. The van der Waals surface area contributed by atoms with Crippen molar-refractivity contribution >= 4 is 27.1 Å². The van der Waals surface area contributed by atoms with E-state index in [4.69, 9.17) is 11.6 Å². The maximum Gasteiger partial charge on any atom is 0.291 e. The summed E-state index contributed by atoms with van der Waals surface area (Å²) in [6.45, 7) is 2.26. The summed E-state index contributed by atoms with van der Waals surface area (Å²) >= 11 is 6.03. The smallest absolute Gasteiger partial charge is 0.291 e. The van der Waals surface area contributed by atoms with Gasteiger partial charge in [-0.1, -0.05) is 29.8 Å². The Morgan fingerprint density at radius 3 is 2.75 bits per heavy atom. The van der Waals surface area contributed by atoms with Crippen LogP contribution in [0.3, 0.4) is 0 Å². The Balaban J connectivity index is 1.92. The predicted molar refractivity (Wildman–Crippen MR) is 90.6 cm³/mol. The van der Waals surface area contributed by atoms with Crippen LogP contribution in [0.5, 0.6) is 0 Å². The van der Waals surface area contributed by atoms with Gasteiger partial charge < -0.3 is 0 Å². The number of hydrogen-bond donors (Lipinski definition) is 1. The lowest BCUT2D eigenvalue weighted by molar-refractivity contribution is 0.581. The monoisotopic (exact) mass is 366 g/mol. The van der Waals surface area contributed by atoms with Gasteiger partial charge in [0.2, 0.25) is 10.0 Å². The van der Waals surface area contributed by atoms with Crippen LogP contribution in [0, 0.1) is 0 Å². The molecule has 9 heteroatoms. The average molecular weight is 367 g/mol. The standard InChI is InChI=1S/C15H15ClN4O3S/c1-2-20-15(21)14-7-12(9-19(14)10-17-20)24(22,23)18-8-11-5-3-4-6-13(11)16/h3-7,9-10,18H,2,8H2,1H3. The number of nitrogens with one attached hydrogen (secondary N) is 1. The number of sulfonamides is 1. The molecule has 3 rings (SSSR count). The van der Waals surface area contributed by atoms with Crippen LogP contribution in [-0.2, 0) is 23.1 Å². The molecule has 0 bridgehead atoms. The van der Waals surface area contributed by atoms with E-state index in [9.17, 15) is 13.2 Å². The third kappa shape index (κ3) is 3.08. The van der Waals surface area contributed by atoms with E-state index in [2.05, 4.69) is 9.82 Å². The van der Waals surface area contributed by atoms with E-state index < -0.39 is 10.0 Å². The molecule has 2 heterocycles.